The summed E-state index contributed by atoms with van der Waals surface area (Å²) in [6.45, 7) is 0.527. The van der Waals surface area contributed by atoms with Gasteiger partial charge in [-0.2, -0.15) is 0 Å². The van der Waals surface area contributed by atoms with Gasteiger partial charge in [-0.15, -0.1) is 0 Å². The smallest absolute Gasteiger partial charge is 0.408 e. The Bertz CT molecular complexity index is 277. The molecule has 0 radical (unpaired) electrons. The summed E-state index contributed by atoms with van der Waals surface area (Å²) in [6.07, 6.45) is 5.02. The van der Waals surface area contributed by atoms with Crippen LogP contribution in [0.5, 0.6) is 0 Å². The van der Waals surface area contributed by atoms with Crippen LogP contribution in [0.4, 0.5) is 4.79 Å². The fourth-order valence-corrected chi connectivity index (χ4v) is 2.08. The molecule has 0 saturated heterocycles. The normalized spacial score (nSPS) is 17.4. The number of carbonyl (C=O) groups is 2. The molecule has 6 nitrogen and oxygen atoms in total. The number of rotatable bonds is 7. The number of nitrogens with one attached hydrogen (secondary N) is 1. The molecule has 4 N–H and O–H groups in total. The minimum absolute atomic E-state index is 0.0523. The quantitative estimate of drug-likeness (QED) is 0.596. The minimum atomic E-state index is -1.03. The molecule has 1 aliphatic rings. The zero-order valence-corrected chi connectivity index (χ0v) is 10.6. The van der Waals surface area contributed by atoms with Crippen molar-refractivity contribution in [2.24, 2.45) is 5.73 Å². The second-order valence-corrected chi connectivity index (χ2v) is 4.63. The molecule has 0 heterocycles. The van der Waals surface area contributed by atoms with E-state index in [-0.39, 0.29) is 6.10 Å². The molecule has 18 heavy (non-hydrogen) atoms. The van der Waals surface area contributed by atoms with Gasteiger partial charge < -0.3 is 20.9 Å². The minimum Gasteiger partial charge on any atom is -0.480 e. The lowest BCUT2D eigenvalue weighted by atomic mass is 10.1. The van der Waals surface area contributed by atoms with Gasteiger partial charge in [0.2, 0.25) is 0 Å². The highest BCUT2D eigenvalue weighted by molar-refractivity contribution is 5.79. The van der Waals surface area contributed by atoms with Crippen molar-refractivity contribution < 1.29 is 19.4 Å². The molecule has 0 bridgehead atoms. The Morgan fingerprint density at radius 3 is 2.56 bits per heavy atom. The Balaban J connectivity index is 2.29. The first kappa shape index (κ1) is 14.8. The zero-order chi connectivity index (χ0) is 13.4. The summed E-state index contributed by atoms with van der Waals surface area (Å²) in [4.78, 5) is 22.5. The number of carbonyl (C=O) groups excluding carboxylic acids is 1. The number of unbranched alkanes of at least 4 members (excludes halogenated alkanes) is 1. The molecule has 1 saturated carbocycles. The number of carboxylic acid groups (broad SMARTS) is 1. The van der Waals surface area contributed by atoms with E-state index in [1.54, 1.807) is 0 Å². The van der Waals surface area contributed by atoms with Gasteiger partial charge in [0.15, 0.2) is 0 Å². The van der Waals surface area contributed by atoms with E-state index in [0.29, 0.717) is 19.4 Å². The van der Waals surface area contributed by atoms with Gasteiger partial charge in [-0.1, -0.05) is 0 Å². The van der Waals surface area contributed by atoms with Crippen molar-refractivity contribution in [3.63, 3.8) is 0 Å². The van der Waals surface area contributed by atoms with E-state index in [1.165, 1.54) is 0 Å². The van der Waals surface area contributed by atoms with E-state index in [1.807, 2.05) is 0 Å². The Labute approximate surface area is 107 Å². The number of aliphatic carboxylic acids is 1. The van der Waals surface area contributed by atoms with Crippen LogP contribution in [0, 0.1) is 0 Å². The van der Waals surface area contributed by atoms with Gasteiger partial charge in [-0.25, -0.2) is 9.59 Å². The van der Waals surface area contributed by atoms with Crippen LogP contribution in [0.25, 0.3) is 0 Å². The van der Waals surface area contributed by atoms with Gasteiger partial charge in [-0.05, 0) is 51.5 Å². The number of nitrogens with two attached hydrogens (primary N) is 1. The summed E-state index contributed by atoms with van der Waals surface area (Å²) in [6, 6.07) is -0.884. The fraction of sp³-hybridized carbons (Fsp3) is 0.833. The molecule has 6 heteroatoms. The van der Waals surface area contributed by atoms with Gasteiger partial charge >= 0.3 is 12.1 Å². The van der Waals surface area contributed by atoms with Crippen molar-refractivity contribution in [1.82, 2.24) is 5.32 Å². The summed E-state index contributed by atoms with van der Waals surface area (Å²) in [5, 5.41) is 11.4. The van der Waals surface area contributed by atoms with E-state index in [9.17, 15) is 9.59 Å². The maximum absolute atomic E-state index is 11.5. The number of hydrogen-bond donors (Lipinski definition) is 3. The SMILES string of the molecule is NCCCCC(NC(=O)OC1CCCC1)C(=O)O. The summed E-state index contributed by atoms with van der Waals surface area (Å²) >= 11 is 0. The lowest BCUT2D eigenvalue weighted by molar-refractivity contribution is -0.139. The summed E-state index contributed by atoms with van der Waals surface area (Å²) in [5.41, 5.74) is 5.34. The monoisotopic (exact) mass is 258 g/mol. The molecule has 1 unspecified atom stereocenters. The third-order valence-corrected chi connectivity index (χ3v) is 3.11. The molecule has 104 valence electrons. The van der Waals surface area contributed by atoms with Gasteiger partial charge in [0.05, 0.1) is 0 Å². The van der Waals surface area contributed by atoms with E-state index in [0.717, 1.165) is 32.1 Å². The summed E-state index contributed by atoms with van der Waals surface area (Å²) < 4.78 is 5.16. The average Bonchev–Trinajstić information content (AvgIpc) is 2.80. The predicted molar refractivity (Wildman–Crippen MR) is 66.2 cm³/mol. The van der Waals surface area contributed by atoms with Crippen LogP contribution < -0.4 is 11.1 Å². The van der Waals surface area contributed by atoms with Crippen molar-refractivity contribution in [2.75, 3.05) is 6.54 Å². The number of hydrogen-bond acceptors (Lipinski definition) is 4. The molecule has 1 fully saturated rings. The first-order valence-electron chi connectivity index (χ1n) is 6.53. The number of carboxylic acids is 1. The predicted octanol–water partition coefficient (Wildman–Crippen LogP) is 1.24. The number of amides is 1. The Morgan fingerprint density at radius 1 is 1.33 bits per heavy atom. The molecule has 1 amide bonds. The first-order chi connectivity index (χ1) is 8.63. The van der Waals surface area contributed by atoms with Gasteiger partial charge in [0.1, 0.15) is 12.1 Å². The molecule has 1 rings (SSSR count). The van der Waals surface area contributed by atoms with Crippen LogP contribution in [0.1, 0.15) is 44.9 Å². The van der Waals surface area contributed by atoms with Crippen LogP contribution in [0.2, 0.25) is 0 Å². The number of alkyl carbamates (subject to hydrolysis) is 1. The lowest BCUT2D eigenvalue weighted by Crippen LogP contribution is -2.42. The summed E-state index contributed by atoms with van der Waals surface area (Å²) in [5.74, 6) is -1.03. The molecule has 0 aromatic rings. The maximum atomic E-state index is 11.5. The third kappa shape index (κ3) is 5.35. The fourth-order valence-electron chi connectivity index (χ4n) is 2.08. The van der Waals surface area contributed by atoms with Crippen LogP contribution in [-0.2, 0) is 9.53 Å². The van der Waals surface area contributed by atoms with Crippen LogP contribution >= 0.6 is 0 Å². The lowest BCUT2D eigenvalue weighted by Gasteiger charge is -2.16. The molecular weight excluding hydrogens is 236 g/mol. The summed E-state index contributed by atoms with van der Waals surface area (Å²) in [7, 11) is 0. The molecule has 1 aliphatic carbocycles. The van der Waals surface area contributed by atoms with E-state index in [2.05, 4.69) is 5.32 Å². The molecule has 0 aromatic carbocycles. The van der Waals surface area contributed by atoms with E-state index >= 15 is 0 Å². The number of ether oxygens (including phenoxy) is 1. The van der Waals surface area contributed by atoms with Crippen molar-refractivity contribution in [3.8, 4) is 0 Å². The molecule has 1 atom stereocenters. The molecule has 0 spiro atoms. The van der Waals surface area contributed by atoms with Crippen LogP contribution in [-0.4, -0.2) is 35.9 Å². The van der Waals surface area contributed by atoms with Crippen molar-refractivity contribution in [3.05, 3.63) is 0 Å². The van der Waals surface area contributed by atoms with Gasteiger partial charge in [0.25, 0.3) is 0 Å². The zero-order valence-electron chi connectivity index (χ0n) is 10.6. The maximum Gasteiger partial charge on any atom is 0.408 e. The van der Waals surface area contributed by atoms with Gasteiger partial charge in [-0.3, -0.25) is 0 Å². The Hall–Kier alpha value is -1.30. The highest BCUT2D eigenvalue weighted by atomic mass is 16.6. The Kier molecular flexibility index (Phi) is 6.49. The van der Waals surface area contributed by atoms with Crippen LogP contribution in [0.3, 0.4) is 0 Å². The van der Waals surface area contributed by atoms with Crippen molar-refractivity contribution >= 4 is 12.1 Å². The third-order valence-electron chi connectivity index (χ3n) is 3.11. The topological polar surface area (TPSA) is 102 Å². The molecular formula is C12H22N2O4. The first-order valence-corrected chi connectivity index (χ1v) is 6.53. The van der Waals surface area contributed by atoms with E-state index in [4.69, 9.17) is 15.6 Å². The highest BCUT2D eigenvalue weighted by Gasteiger charge is 2.23. The molecule has 0 aromatic heterocycles. The largest absolute Gasteiger partial charge is 0.480 e. The van der Waals surface area contributed by atoms with Crippen LogP contribution in [0.15, 0.2) is 0 Å². The van der Waals surface area contributed by atoms with Gasteiger partial charge in [0, 0.05) is 0 Å². The Morgan fingerprint density at radius 2 is 2.00 bits per heavy atom. The average molecular weight is 258 g/mol. The highest BCUT2D eigenvalue weighted by Crippen LogP contribution is 2.20. The molecule has 0 aliphatic heterocycles. The standard InChI is InChI=1S/C12H22N2O4/c13-8-4-3-7-10(11(15)16)14-12(17)18-9-5-1-2-6-9/h9-10H,1-8,13H2,(H,14,17)(H,15,16). The van der Waals surface area contributed by atoms with E-state index < -0.39 is 18.1 Å². The van der Waals surface area contributed by atoms with Crippen molar-refractivity contribution in [2.45, 2.75) is 57.1 Å². The second kappa shape index (κ2) is 7.92. The van der Waals surface area contributed by atoms with Crippen molar-refractivity contribution in [1.29, 1.82) is 0 Å². The second-order valence-electron chi connectivity index (χ2n) is 4.63.